The van der Waals surface area contributed by atoms with E-state index in [4.69, 9.17) is 0 Å². The zero-order valence-electron chi connectivity index (χ0n) is 7.88. The lowest BCUT2D eigenvalue weighted by Gasteiger charge is -2.01. The number of nitrogens with zero attached hydrogens (tertiary/aromatic N) is 2. The van der Waals surface area contributed by atoms with Gasteiger partial charge in [0.05, 0.1) is 10.3 Å². The van der Waals surface area contributed by atoms with Gasteiger partial charge in [0.2, 0.25) is 0 Å². The summed E-state index contributed by atoms with van der Waals surface area (Å²) in [5.74, 6) is 0. The molecule has 4 nitrogen and oxygen atoms in total. The maximum absolute atomic E-state index is 10.8. The van der Waals surface area contributed by atoms with Crippen LogP contribution in [0.4, 0.5) is 5.69 Å². The van der Waals surface area contributed by atoms with Crippen LogP contribution in [0, 0.1) is 10.1 Å². The van der Waals surface area contributed by atoms with Crippen molar-refractivity contribution in [2.45, 2.75) is 0 Å². The van der Waals surface area contributed by atoms with Gasteiger partial charge in [0.25, 0.3) is 5.69 Å². The van der Waals surface area contributed by atoms with E-state index >= 15 is 0 Å². The molecule has 1 aromatic carbocycles. The highest BCUT2D eigenvalue weighted by atomic mass is 16.6. The van der Waals surface area contributed by atoms with E-state index in [9.17, 15) is 10.1 Å². The Balaban J connectivity index is 2.93. The van der Waals surface area contributed by atoms with Crippen molar-refractivity contribution < 1.29 is 4.92 Å². The third-order valence-corrected chi connectivity index (χ3v) is 2.21. The SMILES string of the molecule is C=Cc1cncc2cccc([N+](=O)[O-])c12. The molecule has 0 fully saturated rings. The fraction of sp³-hybridized carbons (Fsp3) is 0. The van der Waals surface area contributed by atoms with E-state index < -0.39 is 4.92 Å². The molecule has 0 saturated carbocycles. The van der Waals surface area contributed by atoms with E-state index in [1.54, 1.807) is 30.6 Å². The largest absolute Gasteiger partial charge is 0.277 e. The highest BCUT2D eigenvalue weighted by Crippen LogP contribution is 2.28. The van der Waals surface area contributed by atoms with Crippen LogP contribution >= 0.6 is 0 Å². The van der Waals surface area contributed by atoms with Gasteiger partial charge >= 0.3 is 0 Å². The molecule has 2 aromatic rings. The van der Waals surface area contributed by atoms with Crippen molar-refractivity contribution >= 4 is 22.5 Å². The fourth-order valence-electron chi connectivity index (χ4n) is 1.55. The van der Waals surface area contributed by atoms with E-state index in [0.717, 1.165) is 5.39 Å². The Morgan fingerprint density at radius 2 is 2.20 bits per heavy atom. The quantitative estimate of drug-likeness (QED) is 0.553. The molecule has 0 saturated heterocycles. The maximum atomic E-state index is 10.8. The lowest BCUT2D eigenvalue weighted by atomic mass is 10.1. The highest BCUT2D eigenvalue weighted by Gasteiger charge is 2.13. The first kappa shape index (κ1) is 9.33. The summed E-state index contributed by atoms with van der Waals surface area (Å²) in [4.78, 5) is 14.4. The second-order valence-electron chi connectivity index (χ2n) is 3.07. The van der Waals surface area contributed by atoms with Crippen LogP contribution in [0.3, 0.4) is 0 Å². The zero-order valence-corrected chi connectivity index (χ0v) is 7.88. The number of nitro groups is 1. The number of rotatable bonds is 2. The Morgan fingerprint density at radius 1 is 1.40 bits per heavy atom. The van der Waals surface area contributed by atoms with Gasteiger partial charge in [0.15, 0.2) is 0 Å². The van der Waals surface area contributed by atoms with Crippen LogP contribution in [-0.4, -0.2) is 9.91 Å². The molecule has 1 heterocycles. The van der Waals surface area contributed by atoms with Crippen molar-refractivity contribution in [2.24, 2.45) is 0 Å². The second kappa shape index (κ2) is 3.49. The van der Waals surface area contributed by atoms with Crippen molar-refractivity contribution in [3.63, 3.8) is 0 Å². The van der Waals surface area contributed by atoms with E-state index in [1.165, 1.54) is 6.07 Å². The molecule has 2 rings (SSSR count). The first-order valence-electron chi connectivity index (χ1n) is 4.37. The minimum absolute atomic E-state index is 0.0878. The summed E-state index contributed by atoms with van der Waals surface area (Å²) < 4.78 is 0. The molecule has 0 bridgehead atoms. The van der Waals surface area contributed by atoms with E-state index in [-0.39, 0.29) is 5.69 Å². The van der Waals surface area contributed by atoms with Crippen molar-refractivity contribution in [3.05, 3.63) is 52.8 Å². The second-order valence-corrected chi connectivity index (χ2v) is 3.07. The molecule has 0 radical (unpaired) electrons. The lowest BCUT2D eigenvalue weighted by molar-refractivity contribution is -0.383. The summed E-state index contributed by atoms with van der Waals surface area (Å²) in [6, 6.07) is 4.92. The molecule has 0 aliphatic carbocycles. The summed E-state index contributed by atoms with van der Waals surface area (Å²) in [6.07, 6.45) is 4.75. The molecule has 0 aliphatic heterocycles. The number of fused-ring (bicyclic) bond motifs is 1. The van der Waals surface area contributed by atoms with Crippen LogP contribution in [0.25, 0.3) is 16.8 Å². The molecule has 74 valence electrons. The summed E-state index contributed by atoms with van der Waals surface area (Å²) >= 11 is 0. The first-order valence-corrected chi connectivity index (χ1v) is 4.37. The molecule has 0 spiro atoms. The molecule has 0 atom stereocenters. The van der Waals surface area contributed by atoms with Crippen LogP contribution in [0.1, 0.15) is 5.56 Å². The fourth-order valence-corrected chi connectivity index (χ4v) is 1.55. The topological polar surface area (TPSA) is 56.0 Å². The van der Waals surface area contributed by atoms with Crippen molar-refractivity contribution in [2.75, 3.05) is 0 Å². The summed E-state index contributed by atoms with van der Waals surface area (Å²) in [7, 11) is 0. The Bertz CT molecular complexity index is 544. The highest BCUT2D eigenvalue weighted by molar-refractivity contribution is 5.96. The zero-order chi connectivity index (χ0) is 10.8. The Hall–Kier alpha value is -2.23. The average molecular weight is 200 g/mol. The van der Waals surface area contributed by atoms with Gasteiger partial charge in [-0.1, -0.05) is 24.8 Å². The molecule has 0 unspecified atom stereocenters. The van der Waals surface area contributed by atoms with E-state index in [0.29, 0.717) is 10.9 Å². The molecular weight excluding hydrogens is 192 g/mol. The van der Waals surface area contributed by atoms with Gasteiger partial charge in [0.1, 0.15) is 0 Å². The van der Waals surface area contributed by atoms with Gasteiger partial charge < -0.3 is 0 Å². The third kappa shape index (κ3) is 1.46. The number of nitro benzene ring substituents is 1. The van der Waals surface area contributed by atoms with Crippen molar-refractivity contribution in [1.29, 1.82) is 0 Å². The summed E-state index contributed by atoms with van der Waals surface area (Å²) in [6.45, 7) is 3.62. The molecule has 1 aromatic heterocycles. The number of non-ortho nitro benzene ring substituents is 1. The summed E-state index contributed by atoms with van der Waals surface area (Å²) in [5, 5.41) is 12.2. The van der Waals surface area contributed by atoms with Gasteiger partial charge in [-0.25, -0.2) is 0 Å². The molecular formula is C11H8N2O2. The minimum Gasteiger partial charge on any atom is -0.263 e. The molecule has 0 N–H and O–H groups in total. The van der Waals surface area contributed by atoms with E-state index in [2.05, 4.69) is 11.6 Å². The number of hydrogen-bond acceptors (Lipinski definition) is 3. The Labute approximate surface area is 86.0 Å². The number of pyridine rings is 1. The van der Waals surface area contributed by atoms with Crippen LogP contribution in [-0.2, 0) is 0 Å². The normalized spacial score (nSPS) is 10.1. The Morgan fingerprint density at radius 3 is 2.87 bits per heavy atom. The minimum atomic E-state index is -0.394. The standard InChI is InChI=1S/C11H8N2O2/c1-2-8-6-12-7-9-4-3-5-10(11(8)9)13(14)15/h2-7H,1H2. The van der Waals surface area contributed by atoms with Crippen molar-refractivity contribution in [1.82, 2.24) is 4.98 Å². The van der Waals surface area contributed by atoms with Crippen LogP contribution in [0.2, 0.25) is 0 Å². The van der Waals surface area contributed by atoms with Gasteiger partial charge in [-0.3, -0.25) is 15.1 Å². The van der Waals surface area contributed by atoms with Crippen LogP contribution < -0.4 is 0 Å². The molecule has 0 amide bonds. The molecule has 15 heavy (non-hydrogen) atoms. The van der Waals surface area contributed by atoms with Gasteiger partial charge in [-0.05, 0) is 0 Å². The van der Waals surface area contributed by atoms with Gasteiger partial charge in [-0.15, -0.1) is 0 Å². The number of hydrogen-bond donors (Lipinski definition) is 0. The van der Waals surface area contributed by atoms with Crippen LogP contribution in [0.15, 0.2) is 37.2 Å². The Kier molecular flexibility index (Phi) is 2.17. The molecule has 4 heteroatoms. The first-order chi connectivity index (χ1) is 7.24. The smallest absolute Gasteiger partial charge is 0.263 e. The predicted octanol–water partition coefficient (Wildman–Crippen LogP) is 2.79. The number of benzene rings is 1. The monoisotopic (exact) mass is 200 g/mol. The number of aromatic nitrogens is 1. The predicted molar refractivity (Wildman–Crippen MR) is 58.5 cm³/mol. The van der Waals surface area contributed by atoms with Crippen molar-refractivity contribution in [3.8, 4) is 0 Å². The van der Waals surface area contributed by atoms with E-state index in [1.807, 2.05) is 0 Å². The maximum Gasteiger partial charge on any atom is 0.277 e. The van der Waals surface area contributed by atoms with Gasteiger partial charge in [-0.2, -0.15) is 0 Å². The summed E-state index contributed by atoms with van der Waals surface area (Å²) in [5.41, 5.74) is 0.768. The molecule has 0 aliphatic rings. The lowest BCUT2D eigenvalue weighted by Crippen LogP contribution is -1.91. The third-order valence-electron chi connectivity index (χ3n) is 2.21. The van der Waals surface area contributed by atoms with Gasteiger partial charge in [0, 0.05) is 29.4 Å². The van der Waals surface area contributed by atoms with Crippen LogP contribution in [0.5, 0.6) is 0 Å². The average Bonchev–Trinajstić information content (AvgIpc) is 2.27.